The predicted octanol–water partition coefficient (Wildman–Crippen LogP) is 4.39. The van der Waals surface area contributed by atoms with Crippen LogP contribution in [0.3, 0.4) is 0 Å². The molecule has 0 bridgehead atoms. The van der Waals surface area contributed by atoms with Crippen molar-refractivity contribution in [1.29, 1.82) is 0 Å². The molecule has 4 aromatic rings. The van der Waals surface area contributed by atoms with Gasteiger partial charge in [-0.05, 0) is 67.6 Å². The number of pyridine rings is 1. The zero-order chi connectivity index (χ0) is 24.2. The lowest BCUT2D eigenvalue weighted by Crippen LogP contribution is -2.23. The van der Waals surface area contributed by atoms with Gasteiger partial charge in [-0.1, -0.05) is 32.9 Å². The van der Waals surface area contributed by atoms with E-state index < -0.39 is 0 Å². The van der Waals surface area contributed by atoms with Crippen LogP contribution in [0.4, 0.5) is 11.6 Å². The molecule has 4 heterocycles. The summed E-state index contributed by atoms with van der Waals surface area (Å²) >= 11 is 0. The number of hydrogen-bond donors (Lipinski definition) is 2. The first kappa shape index (κ1) is 22.0. The first-order valence-corrected chi connectivity index (χ1v) is 12.5. The van der Waals surface area contributed by atoms with Gasteiger partial charge in [-0.15, -0.1) is 0 Å². The maximum atomic E-state index is 13.4. The van der Waals surface area contributed by atoms with Crippen LogP contribution in [0.2, 0.25) is 0 Å². The molecule has 0 atom stereocenters. The molecule has 35 heavy (non-hydrogen) atoms. The van der Waals surface area contributed by atoms with Gasteiger partial charge in [0.25, 0.3) is 5.56 Å². The number of nitrogens with zero attached hydrogens (tertiary/aromatic N) is 5. The summed E-state index contributed by atoms with van der Waals surface area (Å²) in [6, 6.07) is 12.6. The minimum atomic E-state index is -0.105. The molecule has 8 nitrogen and oxygen atoms in total. The van der Waals surface area contributed by atoms with Crippen LogP contribution < -0.4 is 16.2 Å². The monoisotopic (exact) mass is 469 g/mol. The van der Waals surface area contributed by atoms with E-state index in [1.807, 2.05) is 27.6 Å². The van der Waals surface area contributed by atoms with Crippen LogP contribution in [0.1, 0.15) is 62.9 Å². The summed E-state index contributed by atoms with van der Waals surface area (Å²) in [4.78, 5) is 27.6. The Morgan fingerprint density at radius 3 is 2.74 bits per heavy atom. The summed E-state index contributed by atoms with van der Waals surface area (Å²) in [6.07, 6.45) is 5.79. The second-order valence-corrected chi connectivity index (χ2v) is 10.6. The number of anilines is 2. The minimum absolute atomic E-state index is 0.0606. The highest BCUT2D eigenvalue weighted by atomic mass is 16.1. The van der Waals surface area contributed by atoms with Crippen LogP contribution in [0, 0.1) is 0 Å². The molecule has 1 saturated carbocycles. The number of rotatable bonds is 4. The molecule has 8 heteroatoms. The van der Waals surface area contributed by atoms with E-state index in [9.17, 15) is 4.79 Å². The molecule has 180 valence electrons. The van der Waals surface area contributed by atoms with Crippen molar-refractivity contribution >= 4 is 22.7 Å². The standard InChI is InChI=1S/C27H31N7O/c1-27(2,3)22-7-4-8-23(31-22)34-24-21(25(35)33(34)20-11-12-20)16-29-26(32-24)30-19-10-9-18-15-28-13-5-6-17(18)14-19/h4,7-10,14,16,20,28H,5-6,11-13,15H2,1-3H3,(H,29,30,32). The number of aromatic nitrogens is 5. The molecule has 1 fully saturated rings. The highest BCUT2D eigenvalue weighted by Gasteiger charge is 2.31. The summed E-state index contributed by atoms with van der Waals surface area (Å²) in [5, 5.41) is 7.34. The molecule has 1 aliphatic carbocycles. The van der Waals surface area contributed by atoms with Gasteiger partial charge in [0.15, 0.2) is 11.5 Å². The Kier molecular flexibility index (Phi) is 5.21. The van der Waals surface area contributed by atoms with E-state index in [2.05, 4.69) is 54.6 Å². The van der Waals surface area contributed by atoms with E-state index in [0.717, 1.165) is 50.2 Å². The fourth-order valence-electron chi connectivity index (χ4n) is 4.75. The molecule has 3 aromatic heterocycles. The largest absolute Gasteiger partial charge is 0.324 e. The first-order valence-electron chi connectivity index (χ1n) is 12.5. The van der Waals surface area contributed by atoms with Crippen LogP contribution in [-0.2, 0) is 18.4 Å². The van der Waals surface area contributed by atoms with Gasteiger partial charge in [0.2, 0.25) is 5.95 Å². The van der Waals surface area contributed by atoms with Crippen molar-refractivity contribution in [3.63, 3.8) is 0 Å². The minimum Gasteiger partial charge on any atom is -0.324 e. The smallest absolute Gasteiger partial charge is 0.278 e. The van der Waals surface area contributed by atoms with E-state index >= 15 is 0 Å². The average Bonchev–Trinajstić information content (AvgIpc) is 3.66. The van der Waals surface area contributed by atoms with E-state index in [1.165, 1.54) is 11.1 Å². The van der Waals surface area contributed by atoms with E-state index in [-0.39, 0.29) is 17.0 Å². The Morgan fingerprint density at radius 1 is 1.09 bits per heavy atom. The van der Waals surface area contributed by atoms with Crippen LogP contribution in [0.25, 0.3) is 16.9 Å². The average molecular weight is 470 g/mol. The number of nitrogens with one attached hydrogen (secondary N) is 2. The molecule has 0 saturated heterocycles. The Bertz CT molecular complexity index is 1470. The molecule has 0 unspecified atom stereocenters. The number of fused-ring (bicyclic) bond motifs is 2. The summed E-state index contributed by atoms with van der Waals surface area (Å²) in [7, 11) is 0. The Morgan fingerprint density at radius 2 is 1.94 bits per heavy atom. The highest BCUT2D eigenvalue weighted by Crippen LogP contribution is 2.35. The zero-order valence-corrected chi connectivity index (χ0v) is 20.5. The van der Waals surface area contributed by atoms with Crippen molar-refractivity contribution < 1.29 is 0 Å². The van der Waals surface area contributed by atoms with E-state index in [1.54, 1.807) is 6.20 Å². The van der Waals surface area contributed by atoms with Crippen molar-refractivity contribution in [1.82, 2.24) is 29.6 Å². The van der Waals surface area contributed by atoms with E-state index in [4.69, 9.17) is 9.97 Å². The molecule has 0 spiro atoms. The summed E-state index contributed by atoms with van der Waals surface area (Å²) in [6.45, 7) is 8.36. The van der Waals surface area contributed by atoms with Crippen molar-refractivity contribution in [3.8, 4) is 5.82 Å². The predicted molar refractivity (Wildman–Crippen MR) is 138 cm³/mol. The van der Waals surface area contributed by atoms with Crippen molar-refractivity contribution in [2.45, 2.75) is 64.5 Å². The highest BCUT2D eigenvalue weighted by molar-refractivity contribution is 5.77. The quantitative estimate of drug-likeness (QED) is 0.461. The molecular weight excluding hydrogens is 438 g/mol. The van der Waals surface area contributed by atoms with Crippen molar-refractivity contribution in [2.75, 3.05) is 11.9 Å². The van der Waals surface area contributed by atoms with Gasteiger partial charge in [0.05, 0.1) is 6.04 Å². The second kappa shape index (κ2) is 8.30. The maximum Gasteiger partial charge on any atom is 0.278 e. The van der Waals surface area contributed by atoms with Crippen LogP contribution >= 0.6 is 0 Å². The Labute approximate surface area is 204 Å². The van der Waals surface area contributed by atoms with Crippen LogP contribution in [-0.4, -0.2) is 30.9 Å². The van der Waals surface area contributed by atoms with Gasteiger partial charge in [-0.3, -0.25) is 4.79 Å². The molecule has 6 rings (SSSR count). The number of aryl methyl sites for hydroxylation is 1. The van der Waals surface area contributed by atoms with Gasteiger partial charge in [0.1, 0.15) is 5.39 Å². The summed E-state index contributed by atoms with van der Waals surface area (Å²) < 4.78 is 3.70. The van der Waals surface area contributed by atoms with Gasteiger partial charge in [-0.25, -0.2) is 19.3 Å². The normalized spacial score (nSPS) is 16.2. The fourth-order valence-corrected chi connectivity index (χ4v) is 4.75. The Hall–Kier alpha value is -3.52. The van der Waals surface area contributed by atoms with Crippen molar-refractivity contribution in [2.24, 2.45) is 0 Å². The molecule has 2 aliphatic rings. The first-order chi connectivity index (χ1) is 16.9. The molecule has 0 amide bonds. The summed E-state index contributed by atoms with van der Waals surface area (Å²) in [5.41, 5.74) is 5.02. The fraction of sp³-hybridized carbons (Fsp3) is 0.407. The molecule has 0 radical (unpaired) electrons. The van der Waals surface area contributed by atoms with Crippen LogP contribution in [0.15, 0.2) is 47.4 Å². The number of hydrogen-bond acceptors (Lipinski definition) is 6. The molecule has 1 aliphatic heterocycles. The lowest BCUT2D eigenvalue weighted by atomic mass is 9.92. The van der Waals surface area contributed by atoms with Gasteiger partial charge >= 0.3 is 0 Å². The summed E-state index contributed by atoms with van der Waals surface area (Å²) in [5.74, 6) is 1.18. The Balaban J connectivity index is 1.45. The van der Waals surface area contributed by atoms with Gasteiger partial charge < -0.3 is 10.6 Å². The van der Waals surface area contributed by atoms with Gasteiger partial charge in [-0.2, -0.15) is 4.98 Å². The lowest BCUT2D eigenvalue weighted by molar-refractivity contribution is 0.537. The molecule has 1 aromatic carbocycles. The third-order valence-corrected chi connectivity index (χ3v) is 6.81. The SMILES string of the molecule is CC(C)(C)c1cccc(-n2c3nc(Nc4ccc5c(c4)CCCNC5)ncc3c(=O)n2C2CC2)n1. The third kappa shape index (κ3) is 4.12. The molecular formula is C27H31N7O. The third-order valence-electron chi connectivity index (χ3n) is 6.81. The van der Waals surface area contributed by atoms with Crippen LogP contribution in [0.5, 0.6) is 0 Å². The van der Waals surface area contributed by atoms with Gasteiger partial charge in [0, 0.05) is 29.5 Å². The number of benzene rings is 1. The van der Waals surface area contributed by atoms with E-state index in [0.29, 0.717) is 22.8 Å². The maximum absolute atomic E-state index is 13.4. The second-order valence-electron chi connectivity index (χ2n) is 10.6. The lowest BCUT2D eigenvalue weighted by Gasteiger charge is -2.19. The van der Waals surface area contributed by atoms with Crippen molar-refractivity contribution in [3.05, 3.63) is 69.8 Å². The molecule has 2 N–H and O–H groups in total. The zero-order valence-electron chi connectivity index (χ0n) is 20.5. The topological polar surface area (TPSA) is 89.7 Å².